The Morgan fingerprint density at radius 2 is 1.76 bits per heavy atom. The van der Waals surface area contributed by atoms with Gasteiger partial charge in [0.2, 0.25) is 5.95 Å². The molecule has 12 heteroatoms. The van der Waals surface area contributed by atoms with E-state index in [0.717, 1.165) is 50.4 Å². The summed E-state index contributed by atoms with van der Waals surface area (Å²) in [6.45, 7) is 7.30. The number of alkyl halides is 3. The fourth-order valence-electron chi connectivity index (χ4n) is 4.80. The number of ketones is 1. The maximum atomic E-state index is 13.2. The molecular weight excluding hydrogens is 557 g/mol. The first-order valence-corrected chi connectivity index (χ1v) is 13.7. The highest BCUT2D eigenvalue weighted by atomic mass is 35.5. The van der Waals surface area contributed by atoms with Crippen LogP contribution in [0.2, 0.25) is 5.02 Å². The van der Waals surface area contributed by atoms with Crippen molar-refractivity contribution in [2.75, 3.05) is 44.6 Å². The second-order valence-electron chi connectivity index (χ2n) is 9.97. The van der Waals surface area contributed by atoms with E-state index in [1.165, 1.54) is 6.07 Å². The number of piperazine rings is 1. The van der Waals surface area contributed by atoms with Crippen molar-refractivity contribution in [3.05, 3.63) is 71.0 Å². The zero-order valence-corrected chi connectivity index (χ0v) is 23.5. The van der Waals surface area contributed by atoms with Crippen LogP contribution in [0, 0.1) is 0 Å². The summed E-state index contributed by atoms with van der Waals surface area (Å²) in [5.74, 6) is 1.47. The maximum Gasteiger partial charge on any atom is 0.416 e. The van der Waals surface area contributed by atoms with E-state index in [0.29, 0.717) is 35.2 Å². The molecular formula is C29H30ClF3N6O2. The van der Waals surface area contributed by atoms with Crippen LogP contribution in [-0.4, -0.2) is 69.4 Å². The molecule has 1 aliphatic rings. The van der Waals surface area contributed by atoms with Gasteiger partial charge in [-0.05, 0) is 42.9 Å². The van der Waals surface area contributed by atoms with Gasteiger partial charge in [-0.3, -0.25) is 14.7 Å². The van der Waals surface area contributed by atoms with Crippen molar-refractivity contribution in [2.45, 2.75) is 19.5 Å². The fraction of sp³-hybridized carbons (Fsp3) is 0.345. The number of carbonyl (C=O) groups is 1. The van der Waals surface area contributed by atoms with Gasteiger partial charge in [0.15, 0.2) is 5.78 Å². The van der Waals surface area contributed by atoms with E-state index in [9.17, 15) is 18.0 Å². The first-order chi connectivity index (χ1) is 19.6. The topological polar surface area (TPSA) is 75.5 Å². The predicted molar refractivity (Wildman–Crippen MR) is 152 cm³/mol. The molecule has 0 spiro atoms. The zero-order chi connectivity index (χ0) is 29.1. The molecule has 216 valence electrons. The number of aryl methyl sites for hydroxylation is 1. The van der Waals surface area contributed by atoms with E-state index < -0.39 is 11.7 Å². The van der Waals surface area contributed by atoms with Crippen LogP contribution in [-0.2, 0) is 24.4 Å². The second kappa shape index (κ2) is 12.1. The minimum Gasteiger partial charge on any atom is -0.457 e. The molecule has 8 nitrogen and oxygen atoms in total. The molecule has 2 aromatic carbocycles. The molecule has 0 radical (unpaired) electrons. The van der Waals surface area contributed by atoms with Crippen LogP contribution in [0.4, 0.5) is 24.8 Å². The van der Waals surface area contributed by atoms with E-state index in [1.54, 1.807) is 48.1 Å². The highest BCUT2D eigenvalue weighted by molar-refractivity contribution is 6.33. The molecule has 2 aromatic heterocycles. The minimum atomic E-state index is -4.50. The number of ether oxygens (including phenoxy) is 1. The third kappa shape index (κ3) is 6.98. The van der Waals surface area contributed by atoms with Gasteiger partial charge < -0.3 is 19.5 Å². The van der Waals surface area contributed by atoms with Crippen LogP contribution in [0.15, 0.2) is 54.7 Å². The quantitative estimate of drug-likeness (QED) is 0.261. The zero-order valence-electron chi connectivity index (χ0n) is 22.7. The predicted octanol–water partition coefficient (Wildman–Crippen LogP) is 5.93. The molecule has 4 aromatic rings. The third-order valence-electron chi connectivity index (χ3n) is 7.11. The molecule has 0 unspecified atom stereocenters. The van der Waals surface area contributed by atoms with E-state index in [2.05, 4.69) is 32.0 Å². The summed E-state index contributed by atoms with van der Waals surface area (Å²) >= 11 is 6.15. The van der Waals surface area contributed by atoms with Crippen LogP contribution < -0.4 is 10.1 Å². The lowest BCUT2D eigenvalue weighted by Crippen LogP contribution is -2.47. The Morgan fingerprint density at radius 3 is 2.49 bits per heavy atom. The average Bonchev–Trinajstić information content (AvgIpc) is 3.24. The number of fused-ring (bicyclic) bond motifs is 1. The Hall–Kier alpha value is -3.67. The van der Waals surface area contributed by atoms with Crippen LogP contribution in [0.5, 0.6) is 11.5 Å². The fourth-order valence-corrected chi connectivity index (χ4v) is 4.96. The highest BCUT2D eigenvalue weighted by Crippen LogP contribution is 2.35. The molecule has 0 bridgehead atoms. The number of hydrogen-bond donors (Lipinski definition) is 1. The van der Waals surface area contributed by atoms with Gasteiger partial charge in [0, 0.05) is 51.6 Å². The van der Waals surface area contributed by atoms with Crippen molar-refractivity contribution in [3.8, 4) is 11.5 Å². The molecule has 0 atom stereocenters. The molecule has 1 aliphatic heterocycles. The summed E-state index contributed by atoms with van der Waals surface area (Å²) in [5.41, 5.74) is 1.22. The Morgan fingerprint density at radius 1 is 1.02 bits per heavy atom. The number of carbonyl (C=O) groups excluding carboxylic acids is 1. The number of nitrogens with zero attached hydrogens (tertiary/aromatic N) is 5. The summed E-state index contributed by atoms with van der Waals surface area (Å²) in [6.07, 6.45) is -2.67. The summed E-state index contributed by atoms with van der Waals surface area (Å²) in [6, 6.07) is 11.9. The average molecular weight is 587 g/mol. The Kier molecular flexibility index (Phi) is 8.48. The van der Waals surface area contributed by atoms with Gasteiger partial charge in [-0.15, -0.1) is 0 Å². The van der Waals surface area contributed by atoms with Crippen LogP contribution >= 0.6 is 11.6 Å². The standard InChI is InChI=1S/C29H30ClF3N6O2/c1-3-38-10-12-39(13-11-38)18-21(40)15-20-16-23(8-9-34-20)41-22-5-7-27-26(17-22)36-28(37(27)2)35-25-14-19(29(31,32)33)4-6-24(25)30/h4-9,14,16-17H,3,10-13,15,18H2,1-2H3,(H,35,36). The second-order valence-corrected chi connectivity index (χ2v) is 10.4. The molecule has 3 heterocycles. The van der Waals surface area contributed by atoms with Crippen molar-refractivity contribution in [3.63, 3.8) is 0 Å². The molecule has 0 saturated carbocycles. The van der Waals surface area contributed by atoms with E-state index >= 15 is 0 Å². The highest BCUT2D eigenvalue weighted by Gasteiger charge is 2.31. The maximum absolute atomic E-state index is 13.2. The lowest BCUT2D eigenvalue weighted by Gasteiger charge is -2.33. The number of imidazole rings is 1. The number of benzene rings is 2. The summed E-state index contributed by atoms with van der Waals surface area (Å²) < 4.78 is 47.3. The lowest BCUT2D eigenvalue weighted by atomic mass is 10.1. The summed E-state index contributed by atoms with van der Waals surface area (Å²) in [5, 5.41) is 3.04. The minimum absolute atomic E-state index is 0.0958. The molecule has 0 aliphatic carbocycles. The number of Topliss-reactive ketones (excluding diaryl/α,β-unsaturated/α-hetero) is 1. The molecule has 1 saturated heterocycles. The van der Waals surface area contributed by atoms with Gasteiger partial charge in [0.1, 0.15) is 11.5 Å². The van der Waals surface area contributed by atoms with Gasteiger partial charge in [0.05, 0.1) is 46.0 Å². The van der Waals surface area contributed by atoms with E-state index in [-0.39, 0.29) is 22.9 Å². The number of likely N-dealkylation sites (N-methyl/N-ethyl adjacent to an activating group) is 1. The number of rotatable bonds is 9. The Labute approximate surface area is 240 Å². The van der Waals surface area contributed by atoms with Gasteiger partial charge >= 0.3 is 6.18 Å². The summed E-state index contributed by atoms with van der Waals surface area (Å²) in [4.78, 5) is 26.1. The number of nitrogens with one attached hydrogen (secondary N) is 1. The summed E-state index contributed by atoms with van der Waals surface area (Å²) in [7, 11) is 1.75. The first kappa shape index (κ1) is 28.8. The van der Waals surface area contributed by atoms with Crippen molar-refractivity contribution >= 4 is 40.1 Å². The van der Waals surface area contributed by atoms with Crippen molar-refractivity contribution < 1.29 is 22.7 Å². The molecule has 5 rings (SSSR count). The van der Waals surface area contributed by atoms with Crippen LogP contribution in [0.1, 0.15) is 18.2 Å². The van der Waals surface area contributed by atoms with E-state index in [4.69, 9.17) is 16.3 Å². The van der Waals surface area contributed by atoms with Crippen LogP contribution in [0.3, 0.4) is 0 Å². The van der Waals surface area contributed by atoms with Gasteiger partial charge in [-0.2, -0.15) is 13.2 Å². The van der Waals surface area contributed by atoms with Gasteiger partial charge in [-0.1, -0.05) is 18.5 Å². The lowest BCUT2D eigenvalue weighted by molar-refractivity contribution is -0.137. The van der Waals surface area contributed by atoms with Crippen molar-refractivity contribution in [2.24, 2.45) is 7.05 Å². The normalized spacial score (nSPS) is 14.9. The van der Waals surface area contributed by atoms with Crippen LogP contribution in [0.25, 0.3) is 11.0 Å². The SMILES string of the molecule is CCN1CCN(CC(=O)Cc2cc(Oc3ccc4c(c3)nc(Nc3cc(C(F)(F)F)ccc3Cl)n4C)ccn2)CC1. The van der Waals surface area contributed by atoms with E-state index in [1.807, 2.05) is 0 Å². The number of aromatic nitrogens is 3. The third-order valence-corrected chi connectivity index (χ3v) is 7.44. The Balaban J connectivity index is 1.26. The molecule has 1 fully saturated rings. The largest absolute Gasteiger partial charge is 0.457 e. The first-order valence-electron chi connectivity index (χ1n) is 13.3. The molecule has 41 heavy (non-hydrogen) atoms. The number of halogens is 4. The monoisotopic (exact) mass is 586 g/mol. The van der Waals surface area contributed by atoms with Gasteiger partial charge in [0.25, 0.3) is 0 Å². The van der Waals surface area contributed by atoms with Crippen molar-refractivity contribution in [1.29, 1.82) is 0 Å². The molecule has 1 N–H and O–H groups in total. The number of hydrogen-bond acceptors (Lipinski definition) is 7. The number of pyridine rings is 1. The molecule has 0 amide bonds. The number of anilines is 2. The smallest absolute Gasteiger partial charge is 0.416 e. The Bertz CT molecular complexity index is 1550. The van der Waals surface area contributed by atoms with Gasteiger partial charge in [-0.25, -0.2) is 4.98 Å². The van der Waals surface area contributed by atoms with Crippen molar-refractivity contribution in [1.82, 2.24) is 24.3 Å².